The molecule has 0 saturated heterocycles. The van der Waals surface area contributed by atoms with Crippen LogP contribution in [-0.4, -0.2) is 15.3 Å². The highest BCUT2D eigenvalue weighted by Crippen LogP contribution is 2.12. The maximum absolute atomic E-state index is 12.1. The number of fused-ring (bicyclic) bond motifs is 1. The number of carbonyl (C=O) groups is 1. The van der Waals surface area contributed by atoms with Crippen molar-refractivity contribution in [2.75, 3.05) is 5.32 Å². The molecule has 1 aromatic carbocycles. The van der Waals surface area contributed by atoms with Crippen LogP contribution in [0.4, 0.5) is 5.69 Å². The van der Waals surface area contributed by atoms with Crippen LogP contribution in [0.25, 0.3) is 5.65 Å². The number of nitrogens with zero attached hydrogens (tertiary/aromatic N) is 2. The maximum atomic E-state index is 12.1. The van der Waals surface area contributed by atoms with Crippen molar-refractivity contribution in [2.45, 2.75) is 13.3 Å². The summed E-state index contributed by atoms with van der Waals surface area (Å²) in [6.07, 6.45) is 9.38. The van der Waals surface area contributed by atoms with Crippen molar-refractivity contribution >= 4 is 17.2 Å². The molecule has 0 saturated carbocycles. The fraction of sp³-hybridized carbons (Fsp3) is 0.111. The summed E-state index contributed by atoms with van der Waals surface area (Å²) in [4.78, 5) is 16.6. The number of benzene rings is 1. The van der Waals surface area contributed by atoms with Crippen LogP contribution in [0.2, 0.25) is 0 Å². The molecule has 108 valence electrons. The fourth-order valence-electron chi connectivity index (χ4n) is 2.35. The summed E-state index contributed by atoms with van der Waals surface area (Å²) < 4.78 is 1.93. The van der Waals surface area contributed by atoms with Crippen LogP contribution in [0.3, 0.4) is 0 Å². The molecule has 22 heavy (non-hydrogen) atoms. The van der Waals surface area contributed by atoms with Gasteiger partial charge in [-0.25, -0.2) is 4.98 Å². The summed E-state index contributed by atoms with van der Waals surface area (Å²) in [5.74, 6) is 2.43. The summed E-state index contributed by atoms with van der Waals surface area (Å²) in [6, 6.07) is 11.2. The zero-order valence-electron chi connectivity index (χ0n) is 12.2. The van der Waals surface area contributed by atoms with Crippen molar-refractivity contribution in [1.29, 1.82) is 0 Å². The molecule has 0 spiro atoms. The lowest BCUT2D eigenvalue weighted by Gasteiger charge is -2.04. The number of carbonyl (C=O) groups excluding carboxylic acids is 1. The molecule has 2 aromatic heterocycles. The Bertz CT molecular complexity index is 887. The molecule has 0 atom stereocenters. The predicted molar refractivity (Wildman–Crippen MR) is 86.6 cm³/mol. The summed E-state index contributed by atoms with van der Waals surface area (Å²) in [5.41, 5.74) is 4.12. The molecule has 2 heterocycles. The van der Waals surface area contributed by atoms with Crippen LogP contribution < -0.4 is 5.32 Å². The minimum absolute atomic E-state index is 0.116. The van der Waals surface area contributed by atoms with Crippen LogP contribution in [0.5, 0.6) is 0 Å². The van der Waals surface area contributed by atoms with E-state index in [1.165, 1.54) is 0 Å². The molecule has 1 N–H and O–H groups in total. The molecular weight excluding hydrogens is 274 g/mol. The van der Waals surface area contributed by atoms with Gasteiger partial charge in [0.2, 0.25) is 5.91 Å². The number of hydrogen-bond acceptors (Lipinski definition) is 2. The topological polar surface area (TPSA) is 46.4 Å². The van der Waals surface area contributed by atoms with Gasteiger partial charge in [-0.05, 0) is 36.8 Å². The van der Waals surface area contributed by atoms with Crippen molar-refractivity contribution in [3.05, 3.63) is 65.6 Å². The van der Waals surface area contributed by atoms with Gasteiger partial charge in [-0.2, -0.15) is 0 Å². The lowest BCUT2D eigenvalue weighted by atomic mass is 10.2. The van der Waals surface area contributed by atoms with E-state index in [4.69, 9.17) is 6.42 Å². The third-order valence-electron chi connectivity index (χ3n) is 3.38. The number of imidazole rings is 1. The Morgan fingerprint density at radius 1 is 1.36 bits per heavy atom. The average molecular weight is 289 g/mol. The van der Waals surface area contributed by atoms with Crippen molar-refractivity contribution in [3.8, 4) is 12.3 Å². The van der Waals surface area contributed by atoms with E-state index in [9.17, 15) is 4.79 Å². The zero-order valence-corrected chi connectivity index (χ0v) is 12.2. The van der Waals surface area contributed by atoms with Crippen molar-refractivity contribution in [2.24, 2.45) is 0 Å². The van der Waals surface area contributed by atoms with Gasteiger partial charge in [-0.15, -0.1) is 6.42 Å². The van der Waals surface area contributed by atoms with Crippen molar-refractivity contribution in [3.63, 3.8) is 0 Å². The molecule has 0 bridgehead atoms. The Morgan fingerprint density at radius 2 is 2.23 bits per heavy atom. The zero-order chi connectivity index (χ0) is 15.5. The molecule has 0 fully saturated rings. The van der Waals surface area contributed by atoms with Gasteiger partial charge < -0.3 is 9.72 Å². The van der Waals surface area contributed by atoms with E-state index in [2.05, 4.69) is 16.2 Å². The van der Waals surface area contributed by atoms with Crippen LogP contribution in [0, 0.1) is 19.3 Å². The highest BCUT2D eigenvalue weighted by molar-refractivity contribution is 5.92. The molecule has 0 aliphatic heterocycles. The first-order chi connectivity index (χ1) is 10.7. The largest absolute Gasteiger partial charge is 0.326 e. The van der Waals surface area contributed by atoms with E-state index in [1.54, 1.807) is 6.07 Å². The van der Waals surface area contributed by atoms with Gasteiger partial charge in [0.25, 0.3) is 0 Å². The number of amides is 1. The summed E-state index contributed by atoms with van der Waals surface area (Å²) in [7, 11) is 0. The SMILES string of the molecule is C#Cc1cccc(NC(=O)Cc2cn3cccc(C)c3n2)c1. The second-order valence-electron chi connectivity index (χ2n) is 5.10. The quantitative estimate of drug-likeness (QED) is 0.754. The number of pyridine rings is 1. The fourth-order valence-corrected chi connectivity index (χ4v) is 2.35. The Hall–Kier alpha value is -3.06. The summed E-state index contributed by atoms with van der Waals surface area (Å²) in [5, 5.41) is 2.84. The van der Waals surface area contributed by atoms with Crippen molar-refractivity contribution < 1.29 is 4.79 Å². The van der Waals surface area contributed by atoms with Crippen LogP contribution in [0.15, 0.2) is 48.8 Å². The molecule has 1 amide bonds. The number of anilines is 1. The number of aromatic nitrogens is 2. The second-order valence-corrected chi connectivity index (χ2v) is 5.10. The highest BCUT2D eigenvalue weighted by atomic mass is 16.1. The predicted octanol–water partition coefficient (Wildman–Crippen LogP) is 2.81. The van der Waals surface area contributed by atoms with Gasteiger partial charge in [0.15, 0.2) is 0 Å². The number of nitrogens with one attached hydrogen (secondary N) is 1. The Morgan fingerprint density at radius 3 is 3.00 bits per heavy atom. The van der Waals surface area contributed by atoms with Gasteiger partial charge in [0.05, 0.1) is 12.1 Å². The molecule has 0 unspecified atom stereocenters. The van der Waals surface area contributed by atoms with E-state index in [0.29, 0.717) is 5.69 Å². The smallest absolute Gasteiger partial charge is 0.230 e. The van der Waals surface area contributed by atoms with Gasteiger partial charge in [0.1, 0.15) is 5.65 Å². The number of aryl methyl sites for hydroxylation is 1. The van der Waals surface area contributed by atoms with Crippen LogP contribution in [0.1, 0.15) is 16.8 Å². The summed E-state index contributed by atoms with van der Waals surface area (Å²) in [6.45, 7) is 2.00. The number of terminal acetylenes is 1. The lowest BCUT2D eigenvalue weighted by Crippen LogP contribution is -2.14. The Balaban J connectivity index is 1.75. The molecule has 0 aliphatic carbocycles. The highest BCUT2D eigenvalue weighted by Gasteiger charge is 2.09. The third kappa shape index (κ3) is 2.84. The van der Waals surface area contributed by atoms with Crippen LogP contribution >= 0.6 is 0 Å². The van der Waals surface area contributed by atoms with E-state index in [0.717, 1.165) is 22.5 Å². The van der Waals surface area contributed by atoms with E-state index < -0.39 is 0 Å². The molecule has 3 rings (SSSR count). The monoisotopic (exact) mass is 289 g/mol. The molecule has 0 radical (unpaired) electrons. The van der Waals surface area contributed by atoms with Crippen LogP contribution in [-0.2, 0) is 11.2 Å². The Labute approximate surface area is 128 Å². The first-order valence-electron chi connectivity index (χ1n) is 6.95. The van der Waals surface area contributed by atoms with Gasteiger partial charge in [0, 0.05) is 23.6 Å². The minimum Gasteiger partial charge on any atom is -0.326 e. The van der Waals surface area contributed by atoms with E-state index >= 15 is 0 Å². The third-order valence-corrected chi connectivity index (χ3v) is 3.38. The van der Waals surface area contributed by atoms with E-state index in [1.807, 2.05) is 54.0 Å². The maximum Gasteiger partial charge on any atom is 0.230 e. The van der Waals surface area contributed by atoms with Gasteiger partial charge in [-0.1, -0.05) is 18.1 Å². The molecular formula is C18H15N3O. The molecule has 4 heteroatoms. The summed E-state index contributed by atoms with van der Waals surface area (Å²) >= 11 is 0. The first kappa shape index (κ1) is 13.9. The number of rotatable bonds is 3. The van der Waals surface area contributed by atoms with Gasteiger partial charge in [-0.3, -0.25) is 4.79 Å². The second kappa shape index (κ2) is 5.74. The number of hydrogen-bond donors (Lipinski definition) is 1. The molecule has 3 aromatic rings. The lowest BCUT2D eigenvalue weighted by molar-refractivity contribution is -0.115. The normalized spacial score (nSPS) is 10.4. The average Bonchev–Trinajstić information content (AvgIpc) is 2.91. The standard InChI is InChI=1S/C18H15N3O/c1-3-14-7-4-8-15(10-14)19-17(22)11-16-12-21-9-5-6-13(2)18(21)20-16/h1,4-10,12H,11H2,2H3,(H,19,22). The molecule has 4 nitrogen and oxygen atoms in total. The first-order valence-corrected chi connectivity index (χ1v) is 6.95. The van der Waals surface area contributed by atoms with Gasteiger partial charge >= 0.3 is 0 Å². The van der Waals surface area contributed by atoms with Crippen molar-refractivity contribution in [1.82, 2.24) is 9.38 Å². The van der Waals surface area contributed by atoms with E-state index in [-0.39, 0.29) is 12.3 Å². The Kier molecular flexibility index (Phi) is 3.63. The molecule has 0 aliphatic rings. The minimum atomic E-state index is -0.116.